The number of unbranched alkanes of at least 4 members (excludes halogenated alkanes) is 1. The molecule has 0 bridgehead atoms. The summed E-state index contributed by atoms with van der Waals surface area (Å²) < 4.78 is 5.70. The van der Waals surface area contributed by atoms with Crippen LogP contribution in [0.3, 0.4) is 0 Å². The number of para-hydroxylation sites is 1. The molecule has 0 aromatic heterocycles. The van der Waals surface area contributed by atoms with Crippen LogP contribution in [0.1, 0.15) is 33.6 Å². The Morgan fingerprint density at radius 2 is 2.05 bits per heavy atom. The van der Waals surface area contributed by atoms with E-state index in [1.807, 2.05) is 32.0 Å². The summed E-state index contributed by atoms with van der Waals surface area (Å²) in [5, 5.41) is 9.19. The lowest BCUT2D eigenvalue weighted by Crippen LogP contribution is -2.28. The summed E-state index contributed by atoms with van der Waals surface area (Å²) in [4.78, 5) is 2.12. The minimum Gasteiger partial charge on any atom is -0.489 e. The molecule has 0 saturated carbocycles. The van der Waals surface area contributed by atoms with Crippen LogP contribution >= 0.6 is 0 Å². The van der Waals surface area contributed by atoms with Crippen LogP contribution in [0.5, 0.6) is 5.75 Å². The molecule has 1 rings (SSSR count). The Morgan fingerprint density at radius 1 is 1.32 bits per heavy atom. The number of aliphatic hydroxyl groups excluding tert-OH is 1. The number of nitrogens with zero attached hydrogens (tertiary/aromatic N) is 1. The van der Waals surface area contributed by atoms with Gasteiger partial charge in [0.2, 0.25) is 0 Å². The minimum atomic E-state index is 0.0967. The van der Waals surface area contributed by atoms with Crippen LogP contribution < -0.4 is 15.4 Å². The molecule has 0 aliphatic carbocycles. The Balaban J connectivity index is 2.95. The number of rotatable bonds is 8. The number of nitrogens with two attached hydrogens (primary N) is 1. The first kappa shape index (κ1) is 15.6. The van der Waals surface area contributed by atoms with Crippen molar-refractivity contribution < 1.29 is 9.84 Å². The van der Waals surface area contributed by atoms with Gasteiger partial charge in [-0.15, -0.1) is 0 Å². The summed E-state index contributed by atoms with van der Waals surface area (Å²) in [5.74, 6) is 0.715. The SMILES string of the molecule is CCCCN(CCO)c1cccc(OC(C)C)c1N. The predicted octanol–water partition coefficient (Wildman–Crippen LogP) is 2.65. The summed E-state index contributed by atoms with van der Waals surface area (Å²) in [5.41, 5.74) is 7.78. The fourth-order valence-electron chi connectivity index (χ4n) is 1.99. The van der Waals surface area contributed by atoms with Gasteiger partial charge >= 0.3 is 0 Å². The topological polar surface area (TPSA) is 58.7 Å². The maximum Gasteiger partial charge on any atom is 0.144 e. The molecule has 0 heterocycles. The zero-order valence-electron chi connectivity index (χ0n) is 12.2. The highest BCUT2D eigenvalue weighted by molar-refractivity contribution is 5.74. The monoisotopic (exact) mass is 266 g/mol. The third kappa shape index (κ3) is 4.63. The average molecular weight is 266 g/mol. The quantitative estimate of drug-likeness (QED) is 0.710. The van der Waals surface area contributed by atoms with Crippen molar-refractivity contribution in [3.63, 3.8) is 0 Å². The average Bonchev–Trinajstić information content (AvgIpc) is 2.37. The molecule has 0 aliphatic rings. The third-order valence-corrected chi connectivity index (χ3v) is 2.90. The van der Waals surface area contributed by atoms with Crippen molar-refractivity contribution in [2.45, 2.75) is 39.7 Å². The van der Waals surface area contributed by atoms with Gasteiger partial charge in [0.25, 0.3) is 0 Å². The van der Waals surface area contributed by atoms with Crippen molar-refractivity contribution in [3.8, 4) is 5.75 Å². The van der Waals surface area contributed by atoms with E-state index >= 15 is 0 Å². The second kappa shape index (κ2) is 7.89. The number of nitrogen functional groups attached to an aromatic ring is 1. The normalized spacial score (nSPS) is 10.8. The second-order valence-corrected chi connectivity index (χ2v) is 4.92. The molecule has 0 fully saturated rings. The van der Waals surface area contributed by atoms with E-state index in [1.54, 1.807) is 0 Å². The lowest BCUT2D eigenvalue weighted by molar-refractivity contribution is 0.244. The zero-order valence-corrected chi connectivity index (χ0v) is 12.2. The van der Waals surface area contributed by atoms with Gasteiger partial charge in [-0.2, -0.15) is 0 Å². The highest BCUT2D eigenvalue weighted by atomic mass is 16.5. The first-order chi connectivity index (χ1) is 9.10. The number of anilines is 2. The highest BCUT2D eigenvalue weighted by Crippen LogP contribution is 2.32. The molecule has 0 amide bonds. The number of benzene rings is 1. The van der Waals surface area contributed by atoms with Crippen LogP contribution in [0, 0.1) is 0 Å². The van der Waals surface area contributed by atoms with Gasteiger partial charge in [-0.25, -0.2) is 0 Å². The Hall–Kier alpha value is -1.42. The Morgan fingerprint density at radius 3 is 2.63 bits per heavy atom. The molecule has 19 heavy (non-hydrogen) atoms. The molecule has 0 spiro atoms. The van der Waals surface area contributed by atoms with E-state index in [0.29, 0.717) is 18.0 Å². The van der Waals surface area contributed by atoms with Crippen molar-refractivity contribution in [3.05, 3.63) is 18.2 Å². The van der Waals surface area contributed by atoms with E-state index in [9.17, 15) is 5.11 Å². The molecule has 1 aromatic rings. The largest absolute Gasteiger partial charge is 0.489 e. The fraction of sp³-hybridized carbons (Fsp3) is 0.600. The van der Waals surface area contributed by atoms with E-state index < -0.39 is 0 Å². The van der Waals surface area contributed by atoms with E-state index in [2.05, 4.69) is 11.8 Å². The van der Waals surface area contributed by atoms with Crippen LogP contribution in [0.4, 0.5) is 11.4 Å². The number of hydrogen-bond donors (Lipinski definition) is 2. The van der Waals surface area contributed by atoms with Crippen LogP contribution in [0.15, 0.2) is 18.2 Å². The zero-order chi connectivity index (χ0) is 14.3. The Labute approximate surface area is 116 Å². The van der Waals surface area contributed by atoms with Crippen LogP contribution in [0.2, 0.25) is 0 Å². The van der Waals surface area contributed by atoms with Gasteiger partial charge in [-0.3, -0.25) is 0 Å². The van der Waals surface area contributed by atoms with Gasteiger partial charge in [0, 0.05) is 13.1 Å². The molecule has 0 radical (unpaired) electrons. The van der Waals surface area contributed by atoms with Crippen molar-refractivity contribution >= 4 is 11.4 Å². The highest BCUT2D eigenvalue weighted by Gasteiger charge is 2.13. The lowest BCUT2D eigenvalue weighted by atomic mass is 10.2. The molecule has 0 saturated heterocycles. The smallest absolute Gasteiger partial charge is 0.144 e. The first-order valence-corrected chi connectivity index (χ1v) is 7.01. The fourth-order valence-corrected chi connectivity index (χ4v) is 1.99. The molecule has 108 valence electrons. The summed E-state index contributed by atoms with van der Waals surface area (Å²) in [6, 6.07) is 5.81. The lowest BCUT2D eigenvalue weighted by Gasteiger charge is -2.26. The van der Waals surface area contributed by atoms with E-state index in [0.717, 1.165) is 25.1 Å². The molecule has 0 atom stereocenters. The van der Waals surface area contributed by atoms with Crippen LogP contribution in [0.25, 0.3) is 0 Å². The van der Waals surface area contributed by atoms with Gasteiger partial charge in [0.15, 0.2) is 0 Å². The van der Waals surface area contributed by atoms with Gasteiger partial charge in [0.05, 0.1) is 24.1 Å². The summed E-state index contributed by atoms with van der Waals surface area (Å²) >= 11 is 0. The van der Waals surface area contributed by atoms with Crippen LogP contribution in [-0.2, 0) is 0 Å². The molecule has 0 aliphatic heterocycles. The van der Waals surface area contributed by atoms with E-state index in [4.69, 9.17) is 10.5 Å². The number of aliphatic hydroxyl groups is 1. The molecule has 4 nitrogen and oxygen atoms in total. The molecule has 1 aromatic carbocycles. The Bertz CT molecular complexity index is 380. The standard InChI is InChI=1S/C15H26N2O2/c1-4-5-9-17(10-11-18)13-7-6-8-14(15(13)16)19-12(2)3/h6-8,12,18H,4-5,9-11,16H2,1-3H3. The number of ether oxygens (including phenoxy) is 1. The van der Waals surface area contributed by atoms with E-state index in [1.165, 1.54) is 0 Å². The van der Waals surface area contributed by atoms with Gasteiger partial charge in [0.1, 0.15) is 5.75 Å². The third-order valence-electron chi connectivity index (χ3n) is 2.90. The van der Waals surface area contributed by atoms with Gasteiger partial charge in [-0.05, 0) is 32.4 Å². The molecular weight excluding hydrogens is 240 g/mol. The first-order valence-electron chi connectivity index (χ1n) is 7.01. The summed E-state index contributed by atoms with van der Waals surface area (Å²) in [6.07, 6.45) is 2.29. The summed E-state index contributed by atoms with van der Waals surface area (Å²) in [7, 11) is 0. The van der Waals surface area contributed by atoms with Gasteiger partial charge < -0.3 is 20.5 Å². The molecular formula is C15H26N2O2. The van der Waals surface area contributed by atoms with Crippen molar-refractivity contribution in [1.29, 1.82) is 0 Å². The Kier molecular flexibility index (Phi) is 6.50. The van der Waals surface area contributed by atoms with Crippen molar-refractivity contribution in [2.24, 2.45) is 0 Å². The number of hydrogen-bond acceptors (Lipinski definition) is 4. The maximum atomic E-state index is 9.19. The van der Waals surface area contributed by atoms with Crippen LogP contribution in [-0.4, -0.2) is 30.9 Å². The van der Waals surface area contributed by atoms with Crippen molar-refractivity contribution in [1.82, 2.24) is 0 Å². The predicted molar refractivity (Wildman–Crippen MR) is 80.8 cm³/mol. The molecule has 0 unspecified atom stereocenters. The van der Waals surface area contributed by atoms with Crippen molar-refractivity contribution in [2.75, 3.05) is 30.3 Å². The van der Waals surface area contributed by atoms with E-state index in [-0.39, 0.29) is 12.7 Å². The maximum absolute atomic E-state index is 9.19. The molecule has 4 heteroatoms. The van der Waals surface area contributed by atoms with Gasteiger partial charge in [-0.1, -0.05) is 19.4 Å². The molecule has 3 N–H and O–H groups in total. The minimum absolute atomic E-state index is 0.0967. The summed E-state index contributed by atoms with van der Waals surface area (Å²) in [6.45, 7) is 7.72. The second-order valence-electron chi connectivity index (χ2n) is 4.92.